The Morgan fingerprint density at radius 2 is 2.26 bits per heavy atom. The fourth-order valence-corrected chi connectivity index (χ4v) is 5.63. The molecule has 3 heterocycles. The summed E-state index contributed by atoms with van der Waals surface area (Å²) in [4.78, 5) is 38.1. The predicted octanol–water partition coefficient (Wildman–Crippen LogP) is 1.46. The van der Waals surface area contributed by atoms with E-state index in [2.05, 4.69) is 27.9 Å². The van der Waals surface area contributed by atoms with Gasteiger partial charge in [0.2, 0.25) is 5.91 Å². The van der Waals surface area contributed by atoms with Gasteiger partial charge in [0.1, 0.15) is 17.1 Å². The minimum absolute atomic E-state index is 0.0805. The van der Waals surface area contributed by atoms with E-state index in [1.165, 1.54) is 28.0 Å². The third kappa shape index (κ3) is 3.13. The number of carboxylic acid groups (broad SMARTS) is 1. The Morgan fingerprint density at radius 1 is 1.48 bits per heavy atom. The van der Waals surface area contributed by atoms with Gasteiger partial charge in [-0.25, -0.2) is 4.79 Å². The maximum atomic E-state index is 12.3. The summed E-state index contributed by atoms with van der Waals surface area (Å²) in [5.41, 5.74) is 0.827. The van der Waals surface area contributed by atoms with E-state index in [0.29, 0.717) is 10.2 Å². The summed E-state index contributed by atoms with van der Waals surface area (Å²) >= 11 is 5.08. The average molecular weight is 464 g/mol. The zero-order valence-corrected chi connectivity index (χ0v) is 15.6. The van der Waals surface area contributed by atoms with Crippen molar-refractivity contribution in [1.82, 2.24) is 10.2 Å². The van der Waals surface area contributed by atoms with Gasteiger partial charge in [0.15, 0.2) is 0 Å². The van der Waals surface area contributed by atoms with E-state index < -0.39 is 12.0 Å². The molecule has 9 heteroatoms. The number of hydrogen-bond donors (Lipinski definition) is 2. The number of carboxylic acids is 1. The Bertz CT molecular complexity index is 689. The summed E-state index contributed by atoms with van der Waals surface area (Å²) in [5, 5.41) is 13.7. The van der Waals surface area contributed by atoms with Crippen LogP contribution in [-0.2, 0) is 20.8 Å². The number of hydrogen-bond acceptors (Lipinski definition) is 5. The molecule has 1 fully saturated rings. The first kappa shape index (κ1) is 16.8. The van der Waals surface area contributed by atoms with E-state index in [4.69, 9.17) is 0 Å². The molecule has 1 saturated heterocycles. The first-order valence-corrected chi connectivity index (χ1v) is 10.3. The highest BCUT2D eigenvalue weighted by Crippen LogP contribution is 2.40. The number of nitrogens with one attached hydrogen (secondary N) is 1. The molecule has 1 aromatic heterocycles. The van der Waals surface area contributed by atoms with Gasteiger partial charge >= 0.3 is 5.97 Å². The van der Waals surface area contributed by atoms with Crippen LogP contribution >= 0.6 is 45.7 Å². The molecule has 0 aliphatic carbocycles. The Balaban J connectivity index is 1.69. The lowest BCUT2D eigenvalue weighted by molar-refractivity contribution is -0.150. The van der Waals surface area contributed by atoms with Crippen molar-refractivity contribution in [3.63, 3.8) is 0 Å². The highest BCUT2D eigenvalue weighted by molar-refractivity contribution is 14.1. The highest BCUT2D eigenvalue weighted by Gasteiger charge is 2.53. The zero-order chi connectivity index (χ0) is 16.6. The second-order valence-electron chi connectivity index (χ2n) is 5.10. The minimum atomic E-state index is -1.08. The van der Waals surface area contributed by atoms with Crippen molar-refractivity contribution in [3.8, 4) is 0 Å². The van der Waals surface area contributed by atoms with E-state index in [1.54, 1.807) is 0 Å². The fraction of sp³-hybridized carbons (Fsp3) is 0.357. The molecule has 3 rings (SSSR count). The maximum Gasteiger partial charge on any atom is 0.352 e. The van der Waals surface area contributed by atoms with Gasteiger partial charge in [-0.15, -0.1) is 23.1 Å². The van der Waals surface area contributed by atoms with Gasteiger partial charge in [-0.3, -0.25) is 14.5 Å². The second-order valence-corrected chi connectivity index (χ2v) is 8.00. The van der Waals surface area contributed by atoms with Crippen LogP contribution in [0.25, 0.3) is 0 Å². The highest BCUT2D eigenvalue weighted by atomic mass is 127. The standard InChI is InChI=1S/C14H13IN2O4S2/c15-5-7-6-23-13-10(12(19)17(13)11(7)14(20)21)16-9(18)4-8-2-1-3-22-8/h1-3,10,13H,4-6H2,(H,16,18)(H,20,21)/t10-,13-/m1/s1. The minimum Gasteiger partial charge on any atom is -0.477 e. The van der Waals surface area contributed by atoms with Crippen molar-refractivity contribution in [2.24, 2.45) is 0 Å². The lowest BCUT2D eigenvalue weighted by atomic mass is 10.0. The third-order valence-corrected chi connectivity index (χ3v) is 6.78. The van der Waals surface area contributed by atoms with Crippen LogP contribution in [0, 0.1) is 0 Å². The quantitative estimate of drug-likeness (QED) is 0.392. The molecule has 6 nitrogen and oxygen atoms in total. The van der Waals surface area contributed by atoms with E-state index in [1.807, 2.05) is 17.5 Å². The van der Waals surface area contributed by atoms with Gasteiger partial charge < -0.3 is 10.4 Å². The SMILES string of the molecule is O=C(Cc1cccs1)N[C@@H]1C(=O)N2C(C(=O)O)=C(CI)CS[C@H]12. The van der Waals surface area contributed by atoms with E-state index in [-0.39, 0.29) is 29.3 Å². The van der Waals surface area contributed by atoms with E-state index in [9.17, 15) is 19.5 Å². The number of thioether (sulfide) groups is 1. The number of nitrogens with zero attached hydrogens (tertiary/aromatic N) is 1. The molecule has 2 amide bonds. The first-order valence-electron chi connectivity index (χ1n) is 6.80. The van der Waals surface area contributed by atoms with Crippen LogP contribution in [0.5, 0.6) is 0 Å². The lowest BCUT2D eigenvalue weighted by Gasteiger charge is -2.49. The molecule has 0 aromatic carbocycles. The molecule has 2 N–H and O–H groups in total. The number of fused-ring (bicyclic) bond motifs is 1. The number of alkyl halides is 1. The monoisotopic (exact) mass is 464 g/mol. The molecule has 2 aliphatic rings. The number of carbonyl (C=O) groups is 3. The van der Waals surface area contributed by atoms with Gasteiger partial charge in [0.05, 0.1) is 6.42 Å². The molecule has 0 saturated carbocycles. The summed E-state index contributed by atoms with van der Waals surface area (Å²) in [6.45, 7) is 0. The average Bonchev–Trinajstić information content (AvgIpc) is 3.03. The van der Waals surface area contributed by atoms with E-state index in [0.717, 1.165) is 10.5 Å². The molecule has 0 radical (unpaired) electrons. The number of thiophene rings is 1. The number of amides is 2. The topological polar surface area (TPSA) is 86.7 Å². The molecule has 0 spiro atoms. The molecule has 2 atom stereocenters. The number of halogens is 1. The van der Waals surface area contributed by atoms with Crippen LogP contribution in [0.1, 0.15) is 4.88 Å². The predicted molar refractivity (Wildman–Crippen MR) is 96.6 cm³/mol. The van der Waals surface area contributed by atoms with Gasteiger partial charge in [-0.2, -0.15) is 0 Å². The number of carbonyl (C=O) groups excluding carboxylic acids is 2. The Morgan fingerprint density at radius 3 is 2.87 bits per heavy atom. The summed E-state index contributed by atoms with van der Waals surface area (Å²) in [6, 6.07) is 3.10. The van der Waals surface area contributed by atoms with Gasteiger partial charge in [0.25, 0.3) is 5.91 Å². The van der Waals surface area contributed by atoms with Gasteiger partial charge in [-0.1, -0.05) is 28.7 Å². The third-order valence-electron chi connectivity index (χ3n) is 3.64. The van der Waals surface area contributed by atoms with Crippen LogP contribution in [0.15, 0.2) is 28.8 Å². The molecule has 0 bridgehead atoms. The summed E-state index contributed by atoms with van der Waals surface area (Å²) in [7, 11) is 0. The van der Waals surface area contributed by atoms with Crippen molar-refractivity contribution in [1.29, 1.82) is 0 Å². The second kappa shape index (κ2) is 6.81. The van der Waals surface area contributed by atoms with E-state index >= 15 is 0 Å². The zero-order valence-electron chi connectivity index (χ0n) is 11.8. The van der Waals surface area contributed by atoms with Crippen LogP contribution < -0.4 is 5.32 Å². The molecule has 122 valence electrons. The summed E-state index contributed by atoms with van der Waals surface area (Å²) < 4.78 is 0.568. The largest absolute Gasteiger partial charge is 0.477 e. The molecule has 1 aromatic rings. The Hall–Kier alpha value is -1.07. The lowest BCUT2D eigenvalue weighted by Crippen LogP contribution is -2.70. The Kier molecular flexibility index (Phi) is 4.97. The number of rotatable bonds is 5. The molecule has 23 heavy (non-hydrogen) atoms. The van der Waals surface area contributed by atoms with Crippen molar-refractivity contribution in [3.05, 3.63) is 33.7 Å². The van der Waals surface area contributed by atoms with Crippen molar-refractivity contribution in [2.75, 3.05) is 10.2 Å². The van der Waals surface area contributed by atoms with Gasteiger partial charge in [0, 0.05) is 15.1 Å². The summed E-state index contributed by atoms with van der Waals surface area (Å²) in [5.74, 6) is -1.08. The summed E-state index contributed by atoms with van der Waals surface area (Å²) in [6.07, 6.45) is 0.236. The van der Waals surface area contributed by atoms with Crippen LogP contribution in [0.3, 0.4) is 0 Å². The van der Waals surface area contributed by atoms with Gasteiger partial charge in [-0.05, 0) is 17.0 Å². The smallest absolute Gasteiger partial charge is 0.352 e. The fourth-order valence-electron chi connectivity index (χ4n) is 2.58. The molecular weight excluding hydrogens is 451 g/mol. The van der Waals surface area contributed by atoms with Crippen molar-refractivity contribution in [2.45, 2.75) is 17.8 Å². The Labute approximate surface area is 154 Å². The van der Waals surface area contributed by atoms with Crippen LogP contribution in [-0.4, -0.2) is 49.4 Å². The van der Waals surface area contributed by atoms with Crippen LogP contribution in [0.2, 0.25) is 0 Å². The molecule has 2 aliphatic heterocycles. The first-order chi connectivity index (χ1) is 11.0. The normalized spacial score (nSPS) is 23.3. The van der Waals surface area contributed by atoms with Crippen LogP contribution in [0.4, 0.5) is 0 Å². The van der Waals surface area contributed by atoms with Crippen molar-refractivity contribution < 1.29 is 19.5 Å². The molecule has 0 unspecified atom stereocenters. The molecular formula is C14H13IN2O4S2. The number of aliphatic carboxylic acids is 1. The van der Waals surface area contributed by atoms with Crippen molar-refractivity contribution >= 4 is 63.5 Å². The maximum absolute atomic E-state index is 12.3. The number of β-lactam (4-membered cyclic amide) rings is 1.